The molecule has 1 aliphatic heterocycles. The molecule has 1 aliphatic rings. The number of carbonyl (C=O) groups is 1. The van der Waals surface area contributed by atoms with Gasteiger partial charge < -0.3 is 4.90 Å². The van der Waals surface area contributed by atoms with Gasteiger partial charge in [-0.25, -0.2) is 0 Å². The van der Waals surface area contributed by atoms with Crippen LogP contribution in [-0.4, -0.2) is 30.3 Å². The van der Waals surface area contributed by atoms with Gasteiger partial charge in [0, 0.05) is 18.5 Å². The highest BCUT2D eigenvalue weighted by molar-refractivity contribution is 5.81. The second kappa shape index (κ2) is 5.11. The molecule has 0 spiro atoms. The summed E-state index contributed by atoms with van der Waals surface area (Å²) < 4.78 is 0. The predicted molar refractivity (Wildman–Crippen MR) is 63.9 cm³/mol. The van der Waals surface area contributed by atoms with E-state index in [-0.39, 0.29) is 5.41 Å². The maximum atomic E-state index is 11.4. The van der Waals surface area contributed by atoms with Crippen molar-refractivity contribution in [3.05, 3.63) is 0 Å². The van der Waals surface area contributed by atoms with E-state index in [0.717, 1.165) is 12.5 Å². The quantitative estimate of drug-likeness (QED) is 0.697. The minimum atomic E-state index is -0.166. The lowest BCUT2D eigenvalue weighted by molar-refractivity contribution is -0.125. The Balaban J connectivity index is 2.38. The van der Waals surface area contributed by atoms with Crippen LogP contribution in [0, 0.1) is 11.3 Å². The van der Waals surface area contributed by atoms with Crippen molar-refractivity contribution < 1.29 is 4.79 Å². The Labute approximate surface area is 94.0 Å². The average Bonchev–Trinajstić information content (AvgIpc) is 2.52. The highest BCUT2D eigenvalue weighted by Gasteiger charge is 2.30. The Morgan fingerprint density at radius 1 is 1.47 bits per heavy atom. The molecule has 2 nitrogen and oxygen atoms in total. The largest absolute Gasteiger partial charge is 0.302 e. The fourth-order valence-corrected chi connectivity index (χ4v) is 2.37. The number of Topliss-reactive ketones (excluding diaryl/α,β-unsaturated/α-hetero) is 1. The lowest BCUT2D eigenvalue weighted by Crippen LogP contribution is -2.37. The van der Waals surface area contributed by atoms with Gasteiger partial charge in [0.2, 0.25) is 0 Å². The summed E-state index contributed by atoms with van der Waals surface area (Å²) in [5.74, 6) is 1.18. The van der Waals surface area contributed by atoms with Crippen LogP contribution in [-0.2, 0) is 4.79 Å². The molecule has 88 valence electrons. The van der Waals surface area contributed by atoms with Gasteiger partial charge in [-0.1, -0.05) is 27.2 Å². The molecule has 1 unspecified atom stereocenters. The molecule has 0 amide bonds. The van der Waals surface area contributed by atoms with Crippen LogP contribution in [0.5, 0.6) is 0 Å². The predicted octanol–water partition coefficient (Wildman–Crippen LogP) is 2.72. The van der Waals surface area contributed by atoms with E-state index in [9.17, 15) is 4.79 Å². The van der Waals surface area contributed by atoms with Gasteiger partial charge in [-0.3, -0.25) is 4.79 Å². The Kier molecular flexibility index (Phi) is 4.32. The molecule has 15 heavy (non-hydrogen) atoms. The van der Waals surface area contributed by atoms with Crippen molar-refractivity contribution in [2.24, 2.45) is 11.3 Å². The van der Waals surface area contributed by atoms with Crippen LogP contribution < -0.4 is 0 Å². The van der Waals surface area contributed by atoms with Crippen LogP contribution in [0.2, 0.25) is 0 Å². The van der Waals surface area contributed by atoms with Crippen molar-refractivity contribution in [2.45, 2.75) is 47.0 Å². The summed E-state index contributed by atoms with van der Waals surface area (Å²) in [4.78, 5) is 13.9. The first-order valence-corrected chi connectivity index (χ1v) is 6.19. The number of carbonyl (C=O) groups excluding carboxylic acids is 1. The first-order valence-electron chi connectivity index (χ1n) is 6.19. The lowest BCUT2D eigenvalue weighted by atomic mass is 9.88. The van der Waals surface area contributed by atoms with Crippen LogP contribution >= 0.6 is 0 Å². The monoisotopic (exact) mass is 211 g/mol. The van der Waals surface area contributed by atoms with Crippen LogP contribution in [0.25, 0.3) is 0 Å². The van der Waals surface area contributed by atoms with Gasteiger partial charge in [0.25, 0.3) is 0 Å². The molecule has 1 atom stereocenters. The minimum absolute atomic E-state index is 0.166. The number of likely N-dealkylation sites (tertiary alicyclic amines) is 1. The molecular formula is C13H25NO. The molecule has 1 rings (SSSR count). The summed E-state index contributed by atoms with van der Waals surface area (Å²) in [6.45, 7) is 11.4. The summed E-state index contributed by atoms with van der Waals surface area (Å²) in [5, 5.41) is 0. The maximum Gasteiger partial charge on any atom is 0.136 e. The molecule has 1 saturated heterocycles. The zero-order valence-corrected chi connectivity index (χ0v) is 10.7. The van der Waals surface area contributed by atoms with Gasteiger partial charge in [-0.05, 0) is 32.2 Å². The molecule has 0 aromatic carbocycles. The van der Waals surface area contributed by atoms with Crippen molar-refractivity contribution in [2.75, 3.05) is 19.6 Å². The third kappa shape index (κ3) is 3.60. The SMILES string of the molecule is CCCC1CCN(CC(C)(C)C(C)=O)C1. The van der Waals surface area contributed by atoms with E-state index < -0.39 is 0 Å². The van der Waals surface area contributed by atoms with Gasteiger partial charge in [-0.15, -0.1) is 0 Å². The van der Waals surface area contributed by atoms with Gasteiger partial charge in [0.15, 0.2) is 0 Å². The van der Waals surface area contributed by atoms with E-state index in [4.69, 9.17) is 0 Å². The lowest BCUT2D eigenvalue weighted by Gasteiger charge is -2.27. The summed E-state index contributed by atoms with van der Waals surface area (Å²) in [7, 11) is 0. The third-order valence-electron chi connectivity index (χ3n) is 3.64. The zero-order valence-electron chi connectivity index (χ0n) is 10.7. The smallest absolute Gasteiger partial charge is 0.136 e. The highest BCUT2D eigenvalue weighted by atomic mass is 16.1. The van der Waals surface area contributed by atoms with E-state index >= 15 is 0 Å². The Hall–Kier alpha value is -0.370. The molecule has 0 radical (unpaired) electrons. The van der Waals surface area contributed by atoms with E-state index in [1.165, 1.54) is 32.4 Å². The Bertz CT molecular complexity index is 223. The second-order valence-corrected chi connectivity index (χ2v) is 5.62. The van der Waals surface area contributed by atoms with E-state index in [2.05, 4.69) is 25.7 Å². The number of hydrogen-bond donors (Lipinski definition) is 0. The molecule has 2 heteroatoms. The van der Waals surface area contributed by atoms with Gasteiger partial charge in [0.05, 0.1) is 0 Å². The fraction of sp³-hybridized carbons (Fsp3) is 0.923. The molecule has 0 saturated carbocycles. The van der Waals surface area contributed by atoms with Crippen LogP contribution in [0.15, 0.2) is 0 Å². The van der Waals surface area contributed by atoms with Gasteiger partial charge >= 0.3 is 0 Å². The zero-order chi connectivity index (χ0) is 11.5. The number of nitrogens with zero attached hydrogens (tertiary/aromatic N) is 1. The van der Waals surface area contributed by atoms with Crippen molar-refractivity contribution in [3.63, 3.8) is 0 Å². The van der Waals surface area contributed by atoms with Gasteiger partial charge in [-0.2, -0.15) is 0 Å². The number of ketones is 1. The van der Waals surface area contributed by atoms with E-state index in [1.807, 2.05) is 0 Å². The molecule has 1 heterocycles. The van der Waals surface area contributed by atoms with Crippen LogP contribution in [0.4, 0.5) is 0 Å². The van der Waals surface area contributed by atoms with Crippen LogP contribution in [0.1, 0.15) is 47.0 Å². The molecular weight excluding hydrogens is 186 g/mol. The summed E-state index contributed by atoms with van der Waals surface area (Å²) >= 11 is 0. The van der Waals surface area contributed by atoms with E-state index in [0.29, 0.717) is 5.78 Å². The Morgan fingerprint density at radius 2 is 2.13 bits per heavy atom. The molecule has 0 aliphatic carbocycles. The average molecular weight is 211 g/mol. The van der Waals surface area contributed by atoms with Crippen molar-refractivity contribution in [1.29, 1.82) is 0 Å². The second-order valence-electron chi connectivity index (χ2n) is 5.62. The molecule has 1 fully saturated rings. The normalized spacial score (nSPS) is 23.3. The summed E-state index contributed by atoms with van der Waals surface area (Å²) in [6, 6.07) is 0. The van der Waals surface area contributed by atoms with Crippen molar-refractivity contribution >= 4 is 5.78 Å². The Morgan fingerprint density at radius 3 is 2.67 bits per heavy atom. The molecule has 0 aromatic heterocycles. The number of hydrogen-bond acceptors (Lipinski definition) is 2. The first kappa shape index (κ1) is 12.7. The molecule has 0 bridgehead atoms. The maximum absolute atomic E-state index is 11.4. The number of rotatable bonds is 5. The molecule has 0 aromatic rings. The minimum Gasteiger partial charge on any atom is -0.302 e. The van der Waals surface area contributed by atoms with Gasteiger partial charge in [0.1, 0.15) is 5.78 Å². The van der Waals surface area contributed by atoms with Crippen molar-refractivity contribution in [1.82, 2.24) is 4.90 Å². The van der Waals surface area contributed by atoms with E-state index in [1.54, 1.807) is 6.92 Å². The highest BCUT2D eigenvalue weighted by Crippen LogP contribution is 2.25. The summed E-state index contributed by atoms with van der Waals surface area (Å²) in [6.07, 6.45) is 3.95. The standard InChI is InChI=1S/C13H25NO/c1-5-6-12-7-8-14(9-12)10-13(3,4)11(2)15/h12H,5-10H2,1-4H3. The molecule has 0 N–H and O–H groups in total. The third-order valence-corrected chi connectivity index (χ3v) is 3.64. The summed E-state index contributed by atoms with van der Waals surface area (Å²) in [5.41, 5.74) is -0.166. The van der Waals surface area contributed by atoms with Crippen molar-refractivity contribution in [3.8, 4) is 0 Å². The topological polar surface area (TPSA) is 20.3 Å². The van der Waals surface area contributed by atoms with Crippen LogP contribution in [0.3, 0.4) is 0 Å². The fourth-order valence-electron chi connectivity index (χ4n) is 2.37. The first-order chi connectivity index (χ1) is 6.95.